The van der Waals surface area contributed by atoms with Gasteiger partial charge in [-0.2, -0.15) is 0 Å². The number of rotatable bonds is 8. The van der Waals surface area contributed by atoms with E-state index >= 15 is 0 Å². The predicted octanol–water partition coefficient (Wildman–Crippen LogP) is 1.27. The van der Waals surface area contributed by atoms with Crippen LogP contribution in [0.1, 0.15) is 36.0 Å². The van der Waals surface area contributed by atoms with E-state index in [0.717, 1.165) is 12.8 Å². The minimum atomic E-state index is -0.988. The summed E-state index contributed by atoms with van der Waals surface area (Å²) in [6.45, 7) is 0.158. The van der Waals surface area contributed by atoms with Gasteiger partial charge in [0.2, 0.25) is 5.91 Å². The summed E-state index contributed by atoms with van der Waals surface area (Å²) in [7, 11) is 0. The number of nitrogens with zero attached hydrogens (tertiary/aromatic N) is 1. The number of carbonyl (C=O) groups excluding carboxylic acids is 2. The van der Waals surface area contributed by atoms with Crippen LogP contribution in [0.3, 0.4) is 0 Å². The highest BCUT2D eigenvalue weighted by Gasteiger charge is 2.33. The molecular formula is C16H20N2O4. The van der Waals surface area contributed by atoms with Crippen molar-refractivity contribution in [2.45, 2.75) is 31.7 Å². The summed E-state index contributed by atoms with van der Waals surface area (Å²) in [6.07, 6.45) is 2.51. The van der Waals surface area contributed by atoms with Gasteiger partial charge in [-0.15, -0.1) is 0 Å². The Labute approximate surface area is 129 Å². The standard InChI is InChI=1S/C16H20N2O4/c19-14(18(11-15(20)21)13-8-9-13)7-4-10-17-16(22)12-5-2-1-3-6-12/h1-3,5-6,13H,4,7-11H2,(H,17,22)(H,20,21). The molecule has 22 heavy (non-hydrogen) atoms. The highest BCUT2D eigenvalue weighted by Crippen LogP contribution is 2.27. The van der Waals surface area contributed by atoms with Crippen LogP contribution >= 0.6 is 0 Å². The zero-order valence-corrected chi connectivity index (χ0v) is 12.3. The molecular weight excluding hydrogens is 284 g/mol. The number of nitrogens with one attached hydrogen (secondary N) is 1. The lowest BCUT2D eigenvalue weighted by Crippen LogP contribution is -2.37. The summed E-state index contributed by atoms with van der Waals surface area (Å²) in [5.41, 5.74) is 0.583. The summed E-state index contributed by atoms with van der Waals surface area (Å²) in [6, 6.07) is 8.95. The van der Waals surface area contributed by atoms with Gasteiger partial charge in [0.15, 0.2) is 0 Å². The predicted molar refractivity (Wildman–Crippen MR) is 80.4 cm³/mol. The van der Waals surface area contributed by atoms with E-state index in [9.17, 15) is 14.4 Å². The van der Waals surface area contributed by atoms with Crippen molar-refractivity contribution in [3.05, 3.63) is 35.9 Å². The number of hydrogen-bond acceptors (Lipinski definition) is 3. The lowest BCUT2D eigenvalue weighted by atomic mass is 10.2. The largest absolute Gasteiger partial charge is 0.480 e. The Bertz CT molecular complexity index is 540. The van der Waals surface area contributed by atoms with Crippen LogP contribution in [0.5, 0.6) is 0 Å². The van der Waals surface area contributed by atoms with Crippen LogP contribution in [0.4, 0.5) is 0 Å². The molecule has 2 rings (SSSR count). The van der Waals surface area contributed by atoms with Gasteiger partial charge in [-0.05, 0) is 31.4 Å². The van der Waals surface area contributed by atoms with Gasteiger partial charge >= 0.3 is 5.97 Å². The van der Waals surface area contributed by atoms with Gasteiger partial charge in [-0.3, -0.25) is 14.4 Å². The second kappa shape index (κ2) is 7.59. The first-order chi connectivity index (χ1) is 10.6. The molecule has 6 nitrogen and oxygen atoms in total. The van der Waals surface area contributed by atoms with Crippen molar-refractivity contribution in [1.29, 1.82) is 0 Å². The second-order valence-electron chi connectivity index (χ2n) is 5.37. The van der Waals surface area contributed by atoms with Crippen molar-refractivity contribution in [1.82, 2.24) is 10.2 Å². The Hall–Kier alpha value is -2.37. The molecule has 0 unspecified atom stereocenters. The van der Waals surface area contributed by atoms with Gasteiger partial charge in [0, 0.05) is 24.6 Å². The lowest BCUT2D eigenvalue weighted by Gasteiger charge is -2.20. The molecule has 0 aliphatic heterocycles. The third-order valence-corrected chi connectivity index (χ3v) is 3.50. The van der Waals surface area contributed by atoms with E-state index in [1.54, 1.807) is 24.3 Å². The van der Waals surface area contributed by atoms with Crippen LogP contribution in [0.25, 0.3) is 0 Å². The lowest BCUT2D eigenvalue weighted by molar-refractivity contribution is -0.144. The molecule has 1 aliphatic carbocycles. The minimum Gasteiger partial charge on any atom is -0.480 e. The van der Waals surface area contributed by atoms with Crippen molar-refractivity contribution < 1.29 is 19.5 Å². The zero-order valence-electron chi connectivity index (χ0n) is 12.3. The van der Waals surface area contributed by atoms with Gasteiger partial charge in [-0.25, -0.2) is 0 Å². The molecule has 1 aliphatic rings. The van der Waals surface area contributed by atoms with E-state index < -0.39 is 5.97 Å². The second-order valence-corrected chi connectivity index (χ2v) is 5.37. The zero-order chi connectivity index (χ0) is 15.9. The van der Waals surface area contributed by atoms with Gasteiger partial charge in [-0.1, -0.05) is 18.2 Å². The third-order valence-electron chi connectivity index (χ3n) is 3.50. The molecule has 0 saturated heterocycles. The molecule has 1 aromatic rings. The van der Waals surface area contributed by atoms with Gasteiger partial charge in [0.05, 0.1) is 0 Å². The van der Waals surface area contributed by atoms with Crippen LogP contribution in [-0.2, 0) is 9.59 Å². The molecule has 0 radical (unpaired) electrons. The van der Waals surface area contributed by atoms with E-state index in [1.165, 1.54) is 4.90 Å². The summed E-state index contributed by atoms with van der Waals surface area (Å²) in [4.78, 5) is 36.0. The number of carboxylic acid groups (broad SMARTS) is 1. The Morgan fingerprint density at radius 1 is 1.18 bits per heavy atom. The molecule has 0 heterocycles. The highest BCUT2D eigenvalue weighted by atomic mass is 16.4. The van der Waals surface area contributed by atoms with Crippen molar-refractivity contribution >= 4 is 17.8 Å². The van der Waals surface area contributed by atoms with E-state index in [0.29, 0.717) is 18.5 Å². The van der Waals surface area contributed by atoms with Crippen LogP contribution in [0, 0.1) is 0 Å². The first-order valence-corrected chi connectivity index (χ1v) is 7.42. The Morgan fingerprint density at radius 3 is 2.45 bits per heavy atom. The molecule has 2 N–H and O–H groups in total. The molecule has 1 fully saturated rings. The third kappa shape index (κ3) is 4.87. The number of carboxylic acids is 1. The number of benzene rings is 1. The Kier molecular flexibility index (Phi) is 5.52. The SMILES string of the molecule is O=C(O)CN(C(=O)CCCNC(=O)c1ccccc1)C1CC1. The topological polar surface area (TPSA) is 86.7 Å². The van der Waals surface area contributed by atoms with Crippen LogP contribution < -0.4 is 5.32 Å². The summed E-state index contributed by atoms with van der Waals surface area (Å²) >= 11 is 0. The van der Waals surface area contributed by atoms with Gasteiger partial charge in [0.1, 0.15) is 6.54 Å². The van der Waals surface area contributed by atoms with Crippen molar-refractivity contribution in [3.8, 4) is 0 Å². The van der Waals surface area contributed by atoms with Gasteiger partial charge in [0.25, 0.3) is 5.91 Å². The molecule has 118 valence electrons. The molecule has 1 saturated carbocycles. The normalized spacial score (nSPS) is 13.5. The Morgan fingerprint density at radius 2 is 1.86 bits per heavy atom. The number of aliphatic carboxylic acids is 1. The first kappa shape index (κ1) is 16.0. The van der Waals surface area contributed by atoms with Crippen molar-refractivity contribution in [3.63, 3.8) is 0 Å². The van der Waals surface area contributed by atoms with Crippen molar-refractivity contribution in [2.75, 3.05) is 13.1 Å². The van der Waals surface area contributed by atoms with E-state index in [4.69, 9.17) is 5.11 Å². The molecule has 6 heteroatoms. The summed E-state index contributed by atoms with van der Waals surface area (Å²) < 4.78 is 0. The number of carbonyl (C=O) groups is 3. The Balaban J connectivity index is 1.70. The average Bonchev–Trinajstić information content (AvgIpc) is 3.34. The van der Waals surface area contributed by atoms with Crippen LogP contribution in [0.2, 0.25) is 0 Å². The maximum atomic E-state index is 12.0. The average molecular weight is 304 g/mol. The molecule has 0 atom stereocenters. The smallest absolute Gasteiger partial charge is 0.323 e. The maximum Gasteiger partial charge on any atom is 0.323 e. The summed E-state index contributed by atoms with van der Waals surface area (Å²) in [5, 5.41) is 11.6. The first-order valence-electron chi connectivity index (χ1n) is 7.42. The summed E-state index contributed by atoms with van der Waals surface area (Å²) in [5.74, 6) is -1.31. The van der Waals surface area contributed by atoms with Gasteiger partial charge < -0.3 is 15.3 Å². The quantitative estimate of drug-likeness (QED) is 0.708. The molecule has 1 aromatic carbocycles. The van der Waals surface area contributed by atoms with E-state index in [-0.39, 0.29) is 30.8 Å². The maximum absolute atomic E-state index is 12.0. The molecule has 0 bridgehead atoms. The van der Waals surface area contributed by atoms with Crippen LogP contribution in [0.15, 0.2) is 30.3 Å². The molecule has 0 spiro atoms. The molecule has 2 amide bonds. The fourth-order valence-corrected chi connectivity index (χ4v) is 2.23. The highest BCUT2D eigenvalue weighted by molar-refractivity contribution is 5.94. The molecule has 0 aromatic heterocycles. The number of hydrogen-bond donors (Lipinski definition) is 2. The minimum absolute atomic E-state index is 0.0857. The fraction of sp³-hybridized carbons (Fsp3) is 0.438. The van der Waals surface area contributed by atoms with E-state index in [1.807, 2.05) is 6.07 Å². The van der Waals surface area contributed by atoms with Crippen molar-refractivity contribution in [2.24, 2.45) is 0 Å². The monoisotopic (exact) mass is 304 g/mol. The van der Waals surface area contributed by atoms with E-state index in [2.05, 4.69) is 5.32 Å². The fourth-order valence-electron chi connectivity index (χ4n) is 2.23. The number of amides is 2. The van der Waals surface area contributed by atoms with Crippen LogP contribution in [-0.4, -0.2) is 46.9 Å².